The zero-order valence-corrected chi connectivity index (χ0v) is 13.4. The molecule has 1 aromatic heterocycles. The molecule has 0 aliphatic rings. The molecular formula is C17H23N3O3. The first-order valence-electron chi connectivity index (χ1n) is 7.77. The molecule has 0 spiro atoms. The van der Waals surface area contributed by atoms with E-state index in [2.05, 4.69) is 10.3 Å². The number of para-hydroxylation sites is 1. The monoisotopic (exact) mass is 317 g/mol. The highest BCUT2D eigenvalue weighted by Gasteiger charge is 2.26. The molecule has 6 nitrogen and oxygen atoms in total. The van der Waals surface area contributed by atoms with Crippen LogP contribution in [0.3, 0.4) is 0 Å². The summed E-state index contributed by atoms with van der Waals surface area (Å²) in [7, 11) is 0. The largest absolute Gasteiger partial charge is 0.480 e. The van der Waals surface area contributed by atoms with Gasteiger partial charge < -0.3 is 21.1 Å². The Balaban J connectivity index is 2.13. The van der Waals surface area contributed by atoms with Crippen molar-refractivity contribution in [2.45, 2.75) is 38.8 Å². The number of carboxylic acids is 1. The van der Waals surface area contributed by atoms with Crippen LogP contribution < -0.4 is 11.1 Å². The van der Waals surface area contributed by atoms with E-state index in [-0.39, 0.29) is 12.3 Å². The van der Waals surface area contributed by atoms with Crippen molar-refractivity contribution in [2.75, 3.05) is 0 Å². The van der Waals surface area contributed by atoms with Crippen molar-refractivity contribution >= 4 is 22.8 Å². The van der Waals surface area contributed by atoms with Crippen molar-refractivity contribution in [1.82, 2.24) is 10.3 Å². The van der Waals surface area contributed by atoms with Crippen LogP contribution in [0.2, 0.25) is 0 Å². The smallest absolute Gasteiger partial charge is 0.326 e. The van der Waals surface area contributed by atoms with Crippen LogP contribution in [0.5, 0.6) is 0 Å². The molecule has 124 valence electrons. The number of aromatic amines is 1. The van der Waals surface area contributed by atoms with Crippen molar-refractivity contribution in [1.29, 1.82) is 0 Å². The maximum atomic E-state index is 12.1. The topological polar surface area (TPSA) is 108 Å². The molecule has 0 bridgehead atoms. The molecular weight excluding hydrogens is 294 g/mol. The molecule has 3 atom stereocenters. The molecule has 0 aliphatic carbocycles. The van der Waals surface area contributed by atoms with E-state index < -0.39 is 24.0 Å². The number of carbonyl (C=O) groups is 2. The van der Waals surface area contributed by atoms with E-state index in [1.807, 2.05) is 38.1 Å². The van der Waals surface area contributed by atoms with Gasteiger partial charge >= 0.3 is 5.97 Å². The quantitative estimate of drug-likeness (QED) is 0.622. The molecule has 0 aliphatic heterocycles. The van der Waals surface area contributed by atoms with E-state index in [0.29, 0.717) is 0 Å². The van der Waals surface area contributed by atoms with Crippen molar-refractivity contribution in [3.8, 4) is 0 Å². The normalized spacial score (nSPS) is 15.1. The van der Waals surface area contributed by atoms with E-state index in [9.17, 15) is 14.7 Å². The molecule has 5 N–H and O–H groups in total. The fraction of sp³-hybridized carbons (Fsp3) is 0.412. The average Bonchev–Trinajstić information content (AvgIpc) is 2.95. The van der Waals surface area contributed by atoms with Gasteiger partial charge in [0.15, 0.2) is 0 Å². The van der Waals surface area contributed by atoms with Crippen LogP contribution >= 0.6 is 0 Å². The summed E-state index contributed by atoms with van der Waals surface area (Å²) >= 11 is 0. The van der Waals surface area contributed by atoms with E-state index >= 15 is 0 Å². The minimum Gasteiger partial charge on any atom is -0.480 e. The molecule has 2 rings (SSSR count). The van der Waals surface area contributed by atoms with Crippen LogP contribution in [0, 0.1) is 5.92 Å². The number of carboxylic acid groups (broad SMARTS) is 1. The summed E-state index contributed by atoms with van der Waals surface area (Å²) < 4.78 is 0. The number of hydrogen-bond donors (Lipinski definition) is 4. The number of aromatic nitrogens is 1. The second-order valence-electron chi connectivity index (χ2n) is 5.87. The van der Waals surface area contributed by atoms with E-state index in [1.54, 1.807) is 6.20 Å². The molecule has 1 aromatic carbocycles. The highest BCUT2D eigenvalue weighted by Crippen LogP contribution is 2.19. The third-order valence-corrected chi connectivity index (χ3v) is 4.27. The number of hydrogen-bond acceptors (Lipinski definition) is 3. The molecule has 23 heavy (non-hydrogen) atoms. The number of benzene rings is 1. The summed E-state index contributed by atoms with van der Waals surface area (Å²) in [5.74, 6) is -1.50. The van der Waals surface area contributed by atoms with Crippen LogP contribution in [0.25, 0.3) is 10.9 Å². The lowest BCUT2D eigenvalue weighted by atomic mass is 9.98. The standard InChI is InChI=1S/C17H23N3O3/c1-3-10(2)15(18)16(21)20-14(17(22)23)8-11-9-19-13-7-5-4-6-12(11)13/h4-7,9-10,14-15,19H,3,8,18H2,1-2H3,(H,20,21)(H,22,23). The molecule has 0 fully saturated rings. The first kappa shape index (κ1) is 17.0. The molecule has 0 saturated carbocycles. The number of amides is 1. The lowest BCUT2D eigenvalue weighted by molar-refractivity contribution is -0.142. The van der Waals surface area contributed by atoms with E-state index in [4.69, 9.17) is 5.73 Å². The average molecular weight is 317 g/mol. The lowest BCUT2D eigenvalue weighted by Crippen LogP contribution is -2.51. The number of H-pyrrole nitrogens is 1. The number of carbonyl (C=O) groups excluding carboxylic acids is 1. The summed E-state index contributed by atoms with van der Waals surface area (Å²) in [6.45, 7) is 3.82. The Hall–Kier alpha value is -2.34. The van der Waals surface area contributed by atoms with Gasteiger partial charge in [-0.3, -0.25) is 4.79 Å². The number of fused-ring (bicyclic) bond motifs is 1. The fourth-order valence-electron chi connectivity index (χ4n) is 2.50. The van der Waals surface area contributed by atoms with Crippen LogP contribution in [-0.4, -0.2) is 34.1 Å². The second kappa shape index (κ2) is 7.28. The van der Waals surface area contributed by atoms with E-state index in [0.717, 1.165) is 22.9 Å². The Bertz CT molecular complexity index is 695. The summed E-state index contributed by atoms with van der Waals surface area (Å²) in [4.78, 5) is 26.7. The Morgan fingerprint density at radius 2 is 2.04 bits per heavy atom. The summed E-state index contributed by atoms with van der Waals surface area (Å²) in [6, 6.07) is 5.94. The van der Waals surface area contributed by atoms with Crippen molar-refractivity contribution < 1.29 is 14.7 Å². The van der Waals surface area contributed by atoms with Crippen molar-refractivity contribution in [3.05, 3.63) is 36.0 Å². The zero-order valence-electron chi connectivity index (χ0n) is 13.4. The van der Waals surface area contributed by atoms with Crippen LogP contribution in [0.1, 0.15) is 25.8 Å². The van der Waals surface area contributed by atoms with Gasteiger partial charge in [-0.2, -0.15) is 0 Å². The first-order chi connectivity index (χ1) is 10.9. The maximum Gasteiger partial charge on any atom is 0.326 e. The second-order valence-corrected chi connectivity index (χ2v) is 5.87. The van der Waals surface area contributed by atoms with Gasteiger partial charge in [0.2, 0.25) is 5.91 Å². The van der Waals surface area contributed by atoms with Gasteiger partial charge in [-0.25, -0.2) is 4.79 Å². The maximum absolute atomic E-state index is 12.1. The molecule has 0 radical (unpaired) electrons. The van der Waals surface area contributed by atoms with Gasteiger partial charge in [-0.05, 0) is 17.5 Å². The predicted molar refractivity (Wildman–Crippen MR) is 89.0 cm³/mol. The number of aliphatic carboxylic acids is 1. The molecule has 1 amide bonds. The Kier molecular flexibility index (Phi) is 5.39. The summed E-state index contributed by atoms with van der Waals surface area (Å²) in [6.07, 6.45) is 2.74. The Morgan fingerprint density at radius 1 is 1.35 bits per heavy atom. The third-order valence-electron chi connectivity index (χ3n) is 4.27. The van der Waals surface area contributed by atoms with Crippen LogP contribution in [0.4, 0.5) is 0 Å². The third kappa shape index (κ3) is 3.90. The van der Waals surface area contributed by atoms with Gasteiger partial charge in [0.1, 0.15) is 6.04 Å². The predicted octanol–water partition coefficient (Wildman–Crippen LogP) is 1.65. The highest BCUT2D eigenvalue weighted by molar-refractivity contribution is 5.88. The van der Waals surface area contributed by atoms with Gasteiger partial charge in [0, 0.05) is 23.5 Å². The molecule has 2 aromatic rings. The molecule has 1 heterocycles. The fourth-order valence-corrected chi connectivity index (χ4v) is 2.50. The van der Waals surface area contributed by atoms with Crippen LogP contribution in [-0.2, 0) is 16.0 Å². The van der Waals surface area contributed by atoms with Gasteiger partial charge in [0.05, 0.1) is 6.04 Å². The SMILES string of the molecule is CCC(C)C(N)C(=O)NC(Cc1c[nH]c2ccccc12)C(=O)O. The summed E-state index contributed by atoms with van der Waals surface area (Å²) in [5, 5.41) is 12.9. The number of nitrogens with one attached hydrogen (secondary N) is 2. The van der Waals surface area contributed by atoms with Crippen molar-refractivity contribution in [3.63, 3.8) is 0 Å². The Labute approximate surface area is 135 Å². The van der Waals surface area contributed by atoms with Crippen molar-refractivity contribution in [2.24, 2.45) is 11.7 Å². The lowest BCUT2D eigenvalue weighted by Gasteiger charge is -2.21. The minimum absolute atomic E-state index is 0.00228. The number of rotatable bonds is 7. The first-order valence-corrected chi connectivity index (χ1v) is 7.77. The molecule has 3 unspecified atom stereocenters. The molecule has 0 saturated heterocycles. The van der Waals surface area contributed by atoms with Crippen LogP contribution in [0.15, 0.2) is 30.5 Å². The van der Waals surface area contributed by atoms with Gasteiger partial charge in [0.25, 0.3) is 0 Å². The van der Waals surface area contributed by atoms with E-state index in [1.165, 1.54) is 0 Å². The Morgan fingerprint density at radius 3 is 2.70 bits per heavy atom. The summed E-state index contributed by atoms with van der Waals surface area (Å²) in [5.41, 5.74) is 7.66. The highest BCUT2D eigenvalue weighted by atomic mass is 16.4. The van der Waals surface area contributed by atoms with Gasteiger partial charge in [-0.1, -0.05) is 38.5 Å². The minimum atomic E-state index is -1.07. The molecule has 6 heteroatoms. The zero-order chi connectivity index (χ0) is 17.0. The number of nitrogens with two attached hydrogens (primary N) is 1. The van der Waals surface area contributed by atoms with Gasteiger partial charge in [-0.15, -0.1) is 0 Å².